The van der Waals surface area contributed by atoms with Gasteiger partial charge in [0.05, 0.1) is 0 Å². The van der Waals surface area contributed by atoms with E-state index in [4.69, 9.17) is 15.5 Å². The Labute approximate surface area is 78.1 Å². The molecule has 0 aromatic rings. The van der Waals surface area contributed by atoms with Crippen LogP contribution in [0.2, 0.25) is 0 Å². The normalized spacial score (nSPS) is 22.8. The molecule has 0 spiro atoms. The van der Waals surface area contributed by atoms with Crippen LogP contribution >= 0.6 is 7.60 Å². The molecule has 1 rings (SSSR count). The maximum absolute atomic E-state index is 10.7. The van der Waals surface area contributed by atoms with E-state index in [-0.39, 0.29) is 0 Å². The van der Waals surface area contributed by atoms with Gasteiger partial charge in [-0.1, -0.05) is 0 Å². The Kier molecular flexibility index (Phi) is 3.49. The molecule has 5 nitrogen and oxygen atoms in total. The lowest BCUT2D eigenvalue weighted by molar-refractivity contribution is 0.341. The Morgan fingerprint density at radius 1 is 1.46 bits per heavy atom. The minimum atomic E-state index is -4.06. The molecule has 0 bridgehead atoms. The predicted octanol–water partition coefficient (Wildman–Crippen LogP) is -0.0668. The van der Waals surface area contributed by atoms with Gasteiger partial charge in [0.2, 0.25) is 0 Å². The first-order valence-electron chi connectivity index (χ1n) is 4.46. The van der Waals surface area contributed by atoms with E-state index in [2.05, 4.69) is 11.8 Å². The van der Waals surface area contributed by atoms with E-state index in [9.17, 15) is 4.57 Å². The van der Waals surface area contributed by atoms with Crippen molar-refractivity contribution < 1.29 is 14.4 Å². The molecule has 1 heterocycles. The Hall–Kier alpha value is 0.0700. The van der Waals surface area contributed by atoms with Crippen molar-refractivity contribution in [2.75, 3.05) is 13.1 Å². The van der Waals surface area contributed by atoms with E-state index in [1.807, 2.05) is 0 Å². The van der Waals surface area contributed by atoms with Crippen LogP contribution in [0.3, 0.4) is 0 Å². The second-order valence-corrected chi connectivity index (χ2v) is 5.46. The number of nitrogens with zero attached hydrogens (tertiary/aromatic N) is 1. The third kappa shape index (κ3) is 3.75. The second kappa shape index (κ2) is 4.07. The van der Waals surface area contributed by atoms with Gasteiger partial charge in [-0.2, -0.15) is 0 Å². The minimum Gasteiger partial charge on any atom is -0.323 e. The molecular weight excluding hydrogens is 191 g/mol. The zero-order chi connectivity index (χ0) is 10.1. The fraction of sp³-hybridized carbons (Fsp3) is 1.00. The first kappa shape index (κ1) is 11.1. The van der Waals surface area contributed by atoms with E-state index in [0.29, 0.717) is 12.5 Å². The SMILES string of the molecule is CC(CCC(N)P(=O)(O)O)N1CC1. The number of hydrogen-bond acceptors (Lipinski definition) is 3. The van der Waals surface area contributed by atoms with Crippen molar-refractivity contribution in [2.45, 2.75) is 31.6 Å². The summed E-state index contributed by atoms with van der Waals surface area (Å²) in [5.41, 5.74) is 5.34. The average Bonchev–Trinajstić information content (AvgIpc) is 2.79. The van der Waals surface area contributed by atoms with Gasteiger partial charge in [0.25, 0.3) is 0 Å². The van der Waals surface area contributed by atoms with Gasteiger partial charge in [-0.25, -0.2) is 0 Å². The van der Waals surface area contributed by atoms with Crippen LogP contribution in [0.15, 0.2) is 0 Å². The number of hydrogen-bond donors (Lipinski definition) is 3. The Morgan fingerprint density at radius 3 is 2.38 bits per heavy atom. The lowest BCUT2D eigenvalue weighted by Gasteiger charge is -2.16. The smallest absolute Gasteiger partial charge is 0.323 e. The van der Waals surface area contributed by atoms with Gasteiger partial charge >= 0.3 is 7.60 Å². The fourth-order valence-electron chi connectivity index (χ4n) is 1.26. The van der Waals surface area contributed by atoms with Crippen molar-refractivity contribution >= 4 is 7.60 Å². The monoisotopic (exact) mass is 208 g/mol. The van der Waals surface area contributed by atoms with Gasteiger partial charge in [0, 0.05) is 19.1 Å². The summed E-state index contributed by atoms with van der Waals surface area (Å²) in [4.78, 5) is 19.7. The lowest BCUT2D eigenvalue weighted by atomic mass is 10.2. The van der Waals surface area contributed by atoms with Crippen LogP contribution in [-0.4, -0.2) is 39.6 Å². The molecule has 0 amide bonds. The van der Waals surface area contributed by atoms with Crippen molar-refractivity contribution in [3.63, 3.8) is 0 Å². The van der Waals surface area contributed by atoms with E-state index < -0.39 is 13.4 Å². The number of rotatable bonds is 5. The standard InChI is InChI=1S/C7H17N2O3P/c1-6(9-4-5-9)2-3-7(8)13(10,11)12/h6-7H,2-5,8H2,1H3,(H2,10,11,12). The molecule has 0 aromatic heterocycles. The Morgan fingerprint density at radius 2 is 2.00 bits per heavy atom. The van der Waals surface area contributed by atoms with Crippen LogP contribution < -0.4 is 5.73 Å². The molecule has 1 aliphatic rings. The summed E-state index contributed by atoms with van der Waals surface area (Å²) in [6.07, 6.45) is 1.15. The molecule has 0 saturated carbocycles. The van der Waals surface area contributed by atoms with Gasteiger partial charge in [-0.05, 0) is 19.8 Å². The van der Waals surface area contributed by atoms with E-state index in [0.717, 1.165) is 19.5 Å². The summed E-state index contributed by atoms with van der Waals surface area (Å²) >= 11 is 0. The van der Waals surface area contributed by atoms with Crippen molar-refractivity contribution in [1.29, 1.82) is 0 Å². The third-order valence-corrected chi connectivity index (χ3v) is 3.54. The highest BCUT2D eigenvalue weighted by Gasteiger charge is 2.28. The summed E-state index contributed by atoms with van der Waals surface area (Å²) < 4.78 is 10.7. The largest absolute Gasteiger partial charge is 0.342 e. The first-order valence-corrected chi connectivity index (χ1v) is 6.14. The van der Waals surface area contributed by atoms with E-state index in [1.165, 1.54) is 0 Å². The topological polar surface area (TPSA) is 86.6 Å². The molecule has 0 aromatic carbocycles. The van der Waals surface area contributed by atoms with E-state index in [1.54, 1.807) is 0 Å². The lowest BCUT2D eigenvalue weighted by Crippen LogP contribution is -2.23. The predicted molar refractivity (Wildman–Crippen MR) is 50.3 cm³/mol. The van der Waals surface area contributed by atoms with Crippen molar-refractivity contribution in [2.24, 2.45) is 5.73 Å². The second-order valence-electron chi connectivity index (χ2n) is 3.62. The van der Waals surface area contributed by atoms with Crippen LogP contribution in [0.4, 0.5) is 0 Å². The zero-order valence-corrected chi connectivity index (χ0v) is 8.65. The van der Waals surface area contributed by atoms with Crippen molar-refractivity contribution in [3.05, 3.63) is 0 Å². The number of nitrogens with two attached hydrogens (primary N) is 1. The Bertz CT molecular complexity index is 214. The fourth-order valence-corrected chi connectivity index (χ4v) is 1.75. The third-order valence-electron chi connectivity index (χ3n) is 2.42. The summed E-state index contributed by atoms with van der Waals surface area (Å²) in [7, 11) is -4.06. The molecule has 1 aliphatic heterocycles. The highest BCUT2D eigenvalue weighted by molar-refractivity contribution is 7.52. The van der Waals surface area contributed by atoms with Gasteiger partial charge in [-0.3, -0.25) is 9.46 Å². The van der Waals surface area contributed by atoms with E-state index >= 15 is 0 Å². The van der Waals surface area contributed by atoms with Gasteiger partial charge < -0.3 is 15.5 Å². The summed E-state index contributed by atoms with van der Waals surface area (Å²) in [5.74, 6) is -0.991. The molecule has 13 heavy (non-hydrogen) atoms. The van der Waals surface area contributed by atoms with Gasteiger partial charge in [0.15, 0.2) is 0 Å². The first-order chi connectivity index (χ1) is 5.91. The van der Waals surface area contributed by atoms with Crippen LogP contribution in [0, 0.1) is 0 Å². The highest BCUT2D eigenvalue weighted by Crippen LogP contribution is 2.40. The minimum absolute atomic E-state index is 0.391. The van der Waals surface area contributed by atoms with Gasteiger partial charge in [0.1, 0.15) is 5.78 Å². The molecule has 4 N–H and O–H groups in total. The molecule has 1 fully saturated rings. The molecule has 6 heteroatoms. The quantitative estimate of drug-likeness (QED) is 0.435. The maximum atomic E-state index is 10.7. The molecule has 78 valence electrons. The van der Waals surface area contributed by atoms with Crippen LogP contribution in [0.5, 0.6) is 0 Å². The van der Waals surface area contributed by atoms with Crippen LogP contribution in [0.1, 0.15) is 19.8 Å². The molecule has 2 unspecified atom stereocenters. The molecule has 2 atom stereocenters. The molecule has 1 saturated heterocycles. The summed E-state index contributed by atoms with van der Waals surface area (Å²) in [6, 6.07) is 0.401. The average molecular weight is 208 g/mol. The maximum Gasteiger partial charge on any atom is 0.342 e. The van der Waals surface area contributed by atoms with Crippen molar-refractivity contribution in [3.8, 4) is 0 Å². The summed E-state index contributed by atoms with van der Waals surface area (Å²) in [5, 5.41) is 0. The molecule has 0 aliphatic carbocycles. The molecular formula is C7H17N2O3P. The zero-order valence-electron chi connectivity index (χ0n) is 7.76. The molecule has 0 radical (unpaired) electrons. The Balaban J connectivity index is 2.21. The van der Waals surface area contributed by atoms with Crippen molar-refractivity contribution in [1.82, 2.24) is 4.90 Å². The summed E-state index contributed by atoms with van der Waals surface area (Å²) in [6.45, 7) is 4.26. The van der Waals surface area contributed by atoms with Gasteiger partial charge in [-0.15, -0.1) is 0 Å². The van der Waals surface area contributed by atoms with Crippen LogP contribution in [-0.2, 0) is 4.57 Å². The highest BCUT2D eigenvalue weighted by atomic mass is 31.2. The van der Waals surface area contributed by atoms with Crippen LogP contribution in [0.25, 0.3) is 0 Å².